The van der Waals surface area contributed by atoms with Gasteiger partial charge >= 0.3 is 5.97 Å². The molecule has 2 aromatic rings. The number of anilines is 1. The first kappa shape index (κ1) is 12.0. The van der Waals surface area contributed by atoms with E-state index in [1.54, 1.807) is 30.3 Å². The van der Waals surface area contributed by atoms with Gasteiger partial charge in [-0.15, -0.1) is 0 Å². The summed E-state index contributed by atoms with van der Waals surface area (Å²) in [5.74, 6) is -0.821. The molecule has 0 bridgehead atoms. The standard InChI is InChI=1S/C14H13NO3/c15-11-4-5-13(14(17)18)10(8-11)6-9-2-1-3-12(16)7-9/h1-5,7-8,16H,6,15H2,(H,17,18). The number of nitrogen functional groups attached to an aromatic ring is 1. The fourth-order valence-corrected chi connectivity index (χ4v) is 1.85. The minimum atomic E-state index is -0.981. The molecule has 2 aromatic carbocycles. The molecule has 4 nitrogen and oxygen atoms in total. The summed E-state index contributed by atoms with van der Waals surface area (Å²) >= 11 is 0. The van der Waals surface area contributed by atoms with Gasteiger partial charge in [0.05, 0.1) is 5.56 Å². The maximum Gasteiger partial charge on any atom is 0.335 e. The van der Waals surface area contributed by atoms with Gasteiger partial charge in [0, 0.05) is 5.69 Å². The maximum atomic E-state index is 11.1. The lowest BCUT2D eigenvalue weighted by molar-refractivity contribution is 0.0696. The molecule has 0 radical (unpaired) electrons. The third-order valence-electron chi connectivity index (χ3n) is 2.66. The number of rotatable bonds is 3. The van der Waals surface area contributed by atoms with Gasteiger partial charge in [0.25, 0.3) is 0 Å². The molecule has 0 unspecified atom stereocenters. The quantitative estimate of drug-likeness (QED) is 0.722. The fraction of sp³-hybridized carbons (Fsp3) is 0.0714. The van der Waals surface area contributed by atoms with E-state index in [2.05, 4.69) is 0 Å². The van der Waals surface area contributed by atoms with E-state index in [0.717, 1.165) is 5.56 Å². The van der Waals surface area contributed by atoms with Crippen LogP contribution in [0, 0.1) is 0 Å². The predicted octanol–water partition coefficient (Wildman–Crippen LogP) is 2.26. The van der Waals surface area contributed by atoms with Crippen molar-refractivity contribution in [3.63, 3.8) is 0 Å². The van der Waals surface area contributed by atoms with E-state index in [-0.39, 0.29) is 11.3 Å². The summed E-state index contributed by atoms with van der Waals surface area (Å²) in [5.41, 5.74) is 7.89. The number of nitrogens with two attached hydrogens (primary N) is 1. The second-order valence-corrected chi connectivity index (χ2v) is 4.07. The zero-order valence-corrected chi connectivity index (χ0v) is 9.63. The summed E-state index contributed by atoms with van der Waals surface area (Å²) < 4.78 is 0. The van der Waals surface area contributed by atoms with Crippen LogP contribution in [0.25, 0.3) is 0 Å². The molecular weight excluding hydrogens is 230 g/mol. The van der Waals surface area contributed by atoms with Crippen LogP contribution in [0.5, 0.6) is 5.75 Å². The number of aromatic carboxylic acids is 1. The Kier molecular flexibility index (Phi) is 3.19. The van der Waals surface area contributed by atoms with Crippen molar-refractivity contribution in [3.05, 3.63) is 59.2 Å². The van der Waals surface area contributed by atoms with E-state index in [1.165, 1.54) is 6.07 Å². The van der Waals surface area contributed by atoms with Gasteiger partial charge in [-0.05, 0) is 47.9 Å². The molecule has 0 heterocycles. The maximum absolute atomic E-state index is 11.1. The Morgan fingerprint density at radius 3 is 2.61 bits per heavy atom. The second kappa shape index (κ2) is 4.79. The van der Waals surface area contributed by atoms with Gasteiger partial charge in [0.15, 0.2) is 0 Å². The van der Waals surface area contributed by atoms with Crippen LogP contribution in [0.15, 0.2) is 42.5 Å². The first-order valence-electron chi connectivity index (χ1n) is 5.46. The van der Waals surface area contributed by atoms with Gasteiger partial charge in [-0.3, -0.25) is 0 Å². The number of phenolic OH excluding ortho intramolecular Hbond substituents is 1. The highest BCUT2D eigenvalue weighted by Crippen LogP contribution is 2.20. The summed E-state index contributed by atoms with van der Waals surface area (Å²) in [6.07, 6.45) is 0.418. The van der Waals surface area contributed by atoms with E-state index < -0.39 is 5.97 Å². The van der Waals surface area contributed by atoms with Crippen LogP contribution in [0.4, 0.5) is 5.69 Å². The molecule has 4 N–H and O–H groups in total. The van der Waals surface area contributed by atoms with Crippen molar-refractivity contribution in [1.29, 1.82) is 0 Å². The number of carboxylic acids is 1. The van der Waals surface area contributed by atoms with Crippen LogP contribution in [-0.4, -0.2) is 16.2 Å². The summed E-state index contributed by atoms with van der Waals surface area (Å²) in [6.45, 7) is 0. The molecule has 0 aliphatic heterocycles. The van der Waals surface area contributed by atoms with Crippen molar-refractivity contribution < 1.29 is 15.0 Å². The molecule has 0 aliphatic rings. The Balaban J connectivity index is 2.39. The largest absolute Gasteiger partial charge is 0.508 e. The topological polar surface area (TPSA) is 83.6 Å². The molecule has 0 saturated carbocycles. The van der Waals surface area contributed by atoms with E-state index >= 15 is 0 Å². The Hall–Kier alpha value is -2.49. The van der Waals surface area contributed by atoms with Gasteiger partial charge in [-0.25, -0.2) is 4.79 Å². The second-order valence-electron chi connectivity index (χ2n) is 4.07. The molecule has 4 heteroatoms. The highest BCUT2D eigenvalue weighted by Gasteiger charge is 2.10. The van der Waals surface area contributed by atoms with Crippen molar-refractivity contribution in [1.82, 2.24) is 0 Å². The highest BCUT2D eigenvalue weighted by atomic mass is 16.4. The van der Waals surface area contributed by atoms with Crippen molar-refractivity contribution in [2.24, 2.45) is 0 Å². The van der Waals surface area contributed by atoms with E-state index in [1.807, 2.05) is 6.07 Å². The first-order valence-corrected chi connectivity index (χ1v) is 5.46. The summed E-state index contributed by atoms with van der Waals surface area (Å²) in [4.78, 5) is 11.1. The minimum absolute atomic E-state index is 0.160. The van der Waals surface area contributed by atoms with Crippen molar-refractivity contribution >= 4 is 11.7 Å². The third kappa shape index (κ3) is 2.60. The smallest absolute Gasteiger partial charge is 0.335 e. The molecule has 0 aliphatic carbocycles. The van der Waals surface area contributed by atoms with Crippen LogP contribution in [-0.2, 0) is 6.42 Å². The SMILES string of the molecule is Nc1ccc(C(=O)O)c(Cc2cccc(O)c2)c1. The Morgan fingerprint density at radius 2 is 1.94 bits per heavy atom. The van der Waals surface area contributed by atoms with Gasteiger partial charge in [0.2, 0.25) is 0 Å². The first-order chi connectivity index (χ1) is 8.56. The average molecular weight is 243 g/mol. The highest BCUT2D eigenvalue weighted by molar-refractivity contribution is 5.90. The number of aromatic hydroxyl groups is 1. The van der Waals surface area contributed by atoms with Crippen molar-refractivity contribution in [2.45, 2.75) is 6.42 Å². The average Bonchev–Trinajstić information content (AvgIpc) is 2.28. The summed E-state index contributed by atoms with van der Waals surface area (Å²) in [7, 11) is 0. The summed E-state index contributed by atoms with van der Waals surface area (Å²) in [6, 6.07) is 11.4. The molecule has 92 valence electrons. The lowest BCUT2D eigenvalue weighted by atomic mass is 9.99. The molecular formula is C14H13NO3. The number of hydrogen-bond donors (Lipinski definition) is 3. The van der Waals surface area contributed by atoms with Gasteiger partial charge in [-0.1, -0.05) is 12.1 Å². The number of carboxylic acid groups (broad SMARTS) is 1. The van der Waals surface area contributed by atoms with Gasteiger partial charge < -0.3 is 15.9 Å². The van der Waals surface area contributed by atoms with Crippen molar-refractivity contribution in [3.8, 4) is 5.75 Å². The van der Waals surface area contributed by atoms with Crippen LogP contribution in [0.3, 0.4) is 0 Å². The minimum Gasteiger partial charge on any atom is -0.508 e. The number of benzene rings is 2. The molecule has 2 rings (SSSR count). The monoisotopic (exact) mass is 243 g/mol. The zero-order valence-electron chi connectivity index (χ0n) is 9.63. The van der Waals surface area contributed by atoms with Crippen LogP contribution in [0.1, 0.15) is 21.5 Å². The van der Waals surface area contributed by atoms with Crippen molar-refractivity contribution in [2.75, 3.05) is 5.73 Å². The lowest BCUT2D eigenvalue weighted by Gasteiger charge is -2.07. The Labute approximate surface area is 104 Å². The molecule has 0 spiro atoms. The number of hydrogen-bond acceptors (Lipinski definition) is 3. The molecule has 0 saturated heterocycles. The predicted molar refractivity (Wildman–Crippen MR) is 68.7 cm³/mol. The molecule has 18 heavy (non-hydrogen) atoms. The molecule has 0 aromatic heterocycles. The van der Waals surface area contributed by atoms with E-state index in [4.69, 9.17) is 10.8 Å². The Bertz CT molecular complexity index is 593. The van der Waals surface area contributed by atoms with Gasteiger partial charge in [-0.2, -0.15) is 0 Å². The fourth-order valence-electron chi connectivity index (χ4n) is 1.85. The lowest BCUT2D eigenvalue weighted by Crippen LogP contribution is -2.04. The normalized spacial score (nSPS) is 10.2. The Morgan fingerprint density at radius 1 is 1.17 bits per heavy atom. The number of phenols is 1. The van der Waals surface area contributed by atoms with E-state index in [0.29, 0.717) is 17.7 Å². The summed E-state index contributed by atoms with van der Waals surface area (Å²) in [5, 5.41) is 18.5. The van der Waals surface area contributed by atoms with Crippen LogP contribution < -0.4 is 5.73 Å². The van der Waals surface area contributed by atoms with Crippen LogP contribution in [0.2, 0.25) is 0 Å². The van der Waals surface area contributed by atoms with Crippen LogP contribution >= 0.6 is 0 Å². The number of carbonyl (C=O) groups is 1. The van der Waals surface area contributed by atoms with Gasteiger partial charge in [0.1, 0.15) is 5.75 Å². The zero-order chi connectivity index (χ0) is 13.1. The molecule has 0 atom stereocenters. The molecule has 0 amide bonds. The van der Waals surface area contributed by atoms with E-state index in [9.17, 15) is 9.90 Å². The third-order valence-corrected chi connectivity index (χ3v) is 2.66. The molecule has 0 fully saturated rings.